The van der Waals surface area contributed by atoms with Crippen molar-refractivity contribution in [3.63, 3.8) is 0 Å². The molecule has 1 spiro atoms. The summed E-state index contributed by atoms with van der Waals surface area (Å²) in [6.07, 6.45) is 1.32. The first-order valence-electron chi connectivity index (χ1n) is 14.2. The number of ether oxygens (including phenoxy) is 1. The van der Waals surface area contributed by atoms with Crippen LogP contribution in [-0.2, 0) is 9.53 Å². The normalized spacial score (nSPS) is 34.1. The van der Waals surface area contributed by atoms with Crippen LogP contribution in [0.15, 0.2) is 46.0 Å². The van der Waals surface area contributed by atoms with E-state index < -0.39 is 53.5 Å². The monoisotopic (exact) mass is 601 g/mol. The lowest BCUT2D eigenvalue weighted by atomic mass is 9.54. The number of carbonyl (C=O) groups excluding carboxylic acids is 2. The third-order valence-corrected chi connectivity index (χ3v) is 10.6. The molecule has 1 saturated carbocycles. The van der Waals surface area contributed by atoms with Crippen LogP contribution < -0.4 is 0 Å². The highest BCUT2D eigenvalue weighted by atomic mass is 35.5. The summed E-state index contributed by atoms with van der Waals surface area (Å²) in [6.45, 7) is 10.5. The summed E-state index contributed by atoms with van der Waals surface area (Å²) < 4.78 is 26.0. The second-order valence-electron chi connectivity index (χ2n) is 12.8. The Kier molecular flexibility index (Phi) is 7.58. The van der Waals surface area contributed by atoms with Gasteiger partial charge in [-0.1, -0.05) is 62.7 Å². The fourth-order valence-electron chi connectivity index (χ4n) is 7.38. The quantitative estimate of drug-likeness (QED) is 0.321. The first kappa shape index (κ1) is 30.6. The molecule has 0 unspecified atom stereocenters. The fourth-order valence-corrected chi connectivity index (χ4v) is 7.64. The zero-order valence-corrected chi connectivity index (χ0v) is 25.3. The largest absolute Gasteiger partial charge is 0.451 e. The molecule has 0 saturated heterocycles. The number of rotatable bonds is 4. The summed E-state index contributed by atoms with van der Waals surface area (Å²) in [5, 5.41) is 38.7. The molecule has 1 aromatic heterocycles. The molecule has 1 aromatic carbocycles. The number of aliphatic hydroxyl groups is 3. The number of benzene rings is 1. The third-order valence-electron chi connectivity index (χ3n) is 10.2. The average Bonchev–Trinajstić information content (AvgIpc) is 3.40. The summed E-state index contributed by atoms with van der Waals surface area (Å²) in [5.74, 6) is -3.33. The molecular formula is C32H37ClFNO7. The number of Topliss-reactive ketones (excluding diaryl/α,β-unsaturated/α-hetero) is 1. The second-order valence-corrected chi connectivity index (χ2v) is 13.2. The molecule has 3 aliphatic carbocycles. The minimum atomic E-state index is -2.34. The lowest BCUT2D eigenvalue weighted by Crippen LogP contribution is -2.66. The van der Waals surface area contributed by atoms with Crippen molar-refractivity contribution in [2.45, 2.75) is 72.2 Å². The Labute approximate surface area is 249 Å². The predicted octanol–water partition coefficient (Wildman–Crippen LogP) is 5.22. The van der Waals surface area contributed by atoms with Gasteiger partial charge in [0.25, 0.3) is 0 Å². The van der Waals surface area contributed by atoms with E-state index in [0.29, 0.717) is 12.0 Å². The van der Waals surface area contributed by atoms with Gasteiger partial charge in [-0.15, -0.1) is 0 Å². The minimum absolute atomic E-state index is 0.000757. The van der Waals surface area contributed by atoms with Gasteiger partial charge in [0.1, 0.15) is 28.9 Å². The maximum Gasteiger partial charge on any atom is 0.344 e. The number of esters is 1. The molecule has 2 bridgehead atoms. The molecule has 7 atom stereocenters. The molecule has 10 heteroatoms. The topological polar surface area (TPSA) is 130 Å². The standard InChI is InChI=1S/C32H37ClFNO7/c1-15-13-31-16(2)10-11-30(5,6)17(3)20(27(31)38)12-19(14-36)26(37)32(31,40)28(15)41-29(39)23-18(4)42-35-25(23)24-21(33)8-7-9-22(24)34/h7-9,12-13,16-17,20,26,28,36-37,40H,10-11,14H2,1-6H3/t16-,17-,20+,26-,28+,31+,32+/m1/s1. The second kappa shape index (κ2) is 10.4. The van der Waals surface area contributed by atoms with Crippen molar-refractivity contribution in [1.82, 2.24) is 5.16 Å². The molecule has 3 aliphatic rings. The lowest BCUT2D eigenvalue weighted by Gasteiger charge is -2.51. The van der Waals surface area contributed by atoms with E-state index in [-0.39, 0.29) is 50.3 Å². The van der Waals surface area contributed by atoms with Gasteiger partial charge in [-0.2, -0.15) is 0 Å². The van der Waals surface area contributed by atoms with Crippen molar-refractivity contribution in [3.05, 3.63) is 63.7 Å². The summed E-state index contributed by atoms with van der Waals surface area (Å²) in [5.41, 5.74) is -4.27. The Balaban J connectivity index is 1.64. The molecule has 5 rings (SSSR count). The van der Waals surface area contributed by atoms with Crippen LogP contribution in [0.25, 0.3) is 11.3 Å². The Morgan fingerprint density at radius 3 is 2.60 bits per heavy atom. The number of carbonyl (C=O) groups is 2. The van der Waals surface area contributed by atoms with Crippen LogP contribution in [-0.4, -0.2) is 56.6 Å². The van der Waals surface area contributed by atoms with Crippen molar-refractivity contribution in [3.8, 4) is 11.3 Å². The van der Waals surface area contributed by atoms with Gasteiger partial charge in [-0.25, -0.2) is 9.18 Å². The maximum atomic E-state index is 14.8. The number of ketones is 1. The predicted molar refractivity (Wildman–Crippen MR) is 153 cm³/mol. The molecule has 1 fully saturated rings. The average molecular weight is 602 g/mol. The van der Waals surface area contributed by atoms with E-state index in [2.05, 4.69) is 19.0 Å². The zero-order chi connectivity index (χ0) is 30.9. The van der Waals surface area contributed by atoms with E-state index >= 15 is 0 Å². The van der Waals surface area contributed by atoms with Crippen LogP contribution in [0.1, 0.15) is 63.6 Å². The SMILES string of the molecule is CC1=C[C@]23C(=O)[C@@H](C=C(CO)[C@@H](O)[C@]2(O)[C@H]1OC(=O)c1c(-c2c(F)cccc2Cl)noc1C)[C@@H](C)C(C)(C)CC[C@H]3C. The number of hydrogen-bond acceptors (Lipinski definition) is 8. The van der Waals surface area contributed by atoms with Gasteiger partial charge in [-0.05, 0) is 67.2 Å². The van der Waals surface area contributed by atoms with Crippen molar-refractivity contribution in [2.24, 2.45) is 28.6 Å². The molecule has 0 radical (unpaired) electrons. The number of aliphatic hydroxyl groups excluding tert-OH is 2. The Hall–Kier alpha value is -2.85. The molecule has 1 heterocycles. The summed E-state index contributed by atoms with van der Waals surface area (Å²) in [4.78, 5) is 28.5. The van der Waals surface area contributed by atoms with Gasteiger partial charge >= 0.3 is 5.97 Å². The summed E-state index contributed by atoms with van der Waals surface area (Å²) >= 11 is 6.25. The summed E-state index contributed by atoms with van der Waals surface area (Å²) in [6, 6.07) is 4.03. The molecule has 0 amide bonds. The number of halogens is 2. The Morgan fingerprint density at radius 1 is 1.26 bits per heavy atom. The zero-order valence-electron chi connectivity index (χ0n) is 24.6. The maximum absolute atomic E-state index is 14.8. The van der Waals surface area contributed by atoms with Crippen molar-refractivity contribution < 1.29 is 38.6 Å². The van der Waals surface area contributed by atoms with Crippen LogP contribution >= 0.6 is 11.6 Å². The number of fused-ring (bicyclic) bond motifs is 1. The highest BCUT2D eigenvalue weighted by molar-refractivity contribution is 6.33. The van der Waals surface area contributed by atoms with Crippen LogP contribution in [0.4, 0.5) is 4.39 Å². The van der Waals surface area contributed by atoms with E-state index in [9.17, 15) is 29.3 Å². The Morgan fingerprint density at radius 2 is 1.95 bits per heavy atom. The fraction of sp³-hybridized carbons (Fsp3) is 0.531. The first-order valence-corrected chi connectivity index (χ1v) is 14.6. The molecule has 2 aromatic rings. The lowest BCUT2D eigenvalue weighted by molar-refractivity contribution is -0.194. The van der Waals surface area contributed by atoms with Gasteiger partial charge in [-0.3, -0.25) is 4.79 Å². The third kappa shape index (κ3) is 4.15. The number of allylic oxidation sites excluding steroid dienone is 1. The van der Waals surface area contributed by atoms with Crippen LogP contribution in [0, 0.1) is 41.3 Å². The van der Waals surface area contributed by atoms with E-state index in [1.165, 1.54) is 25.1 Å². The van der Waals surface area contributed by atoms with Gasteiger partial charge in [0, 0.05) is 5.92 Å². The van der Waals surface area contributed by atoms with Crippen molar-refractivity contribution in [1.29, 1.82) is 0 Å². The molecule has 0 aliphatic heterocycles. The van der Waals surface area contributed by atoms with Gasteiger partial charge < -0.3 is 24.6 Å². The van der Waals surface area contributed by atoms with Crippen molar-refractivity contribution in [2.75, 3.05) is 6.61 Å². The number of aromatic nitrogens is 1. The number of aryl methyl sites for hydroxylation is 1. The number of hydrogen-bond donors (Lipinski definition) is 3. The van der Waals surface area contributed by atoms with Gasteiger partial charge in [0.05, 0.1) is 22.6 Å². The molecule has 42 heavy (non-hydrogen) atoms. The first-order chi connectivity index (χ1) is 19.6. The van der Waals surface area contributed by atoms with Gasteiger partial charge in [0.15, 0.2) is 17.5 Å². The van der Waals surface area contributed by atoms with Crippen LogP contribution in [0.3, 0.4) is 0 Å². The van der Waals surface area contributed by atoms with Gasteiger partial charge in [0.2, 0.25) is 0 Å². The van der Waals surface area contributed by atoms with E-state index in [1.54, 1.807) is 19.1 Å². The summed E-state index contributed by atoms with van der Waals surface area (Å²) in [7, 11) is 0. The molecular weight excluding hydrogens is 565 g/mol. The van der Waals surface area contributed by atoms with E-state index in [4.69, 9.17) is 20.9 Å². The number of nitrogens with zero attached hydrogens (tertiary/aromatic N) is 1. The van der Waals surface area contributed by atoms with Crippen molar-refractivity contribution >= 4 is 23.4 Å². The minimum Gasteiger partial charge on any atom is -0.451 e. The smallest absolute Gasteiger partial charge is 0.344 e. The molecule has 3 N–H and O–H groups in total. The van der Waals surface area contributed by atoms with Crippen LogP contribution in [0.2, 0.25) is 5.02 Å². The van der Waals surface area contributed by atoms with E-state index in [1.807, 2.05) is 13.8 Å². The Bertz CT molecular complexity index is 1490. The molecule has 226 valence electrons. The highest BCUT2D eigenvalue weighted by Crippen LogP contribution is 2.61. The van der Waals surface area contributed by atoms with E-state index in [0.717, 1.165) is 6.42 Å². The molecule has 8 nitrogen and oxygen atoms in total. The highest BCUT2D eigenvalue weighted by Gasteiger charge is 2.72. The van der Waals surface area contributed by atoms with Crippen LogP contribution in [0.5, 0.6) is 0 Å².